The van der Waals surface area contributed by atoms with E-state index in [9.17, 15) is 19.3 Å². The lowest BCUT2D eigenvalue weighted by Gasteiger charge is -2.18. The molecule has 0 unspecified atom stereocenters. The number of carboxylic acid groups (broad SMARTS) is 1. The molecule has 0 aliphatic rings. The number of halogens is 1. The van der Waals surface area contributed by atoms with Crippen molar-refractivity contribution in [3.05, 3.63) is 58.0 Å². The molecule has 1 N–H and O–H groups in total. The van der Waals surface area contributed by atoms with E-state index in [1.807, 2.05) is 0 Å². The van der Waals surface area contributed by atoms with Crippen LogP contribution >= 0.6 is 0 Å². The van der Waals surface area contributed by atoms with E-state index in [2.05, 4.69) is 4.98 Å². The van der Waals surface area contributed by atoms with Gasteiger partial charge in [0.05, 0.1) is 4.92 Å². The number of carboxylic acids is 1. The number of anilines is 2. The van der Waals surface area contributed by atoms with Crippen LogP contribution in [0.5, 0.6) is 0 Å². The van der Waals surface area contributed by atoms with Gasteiger partial charge in [0.1, 0.15) is 23.4 Å². The van der Waals surface area contributed by atoms with Crippen LogP contribution < -0.4 is 4.90 Å². The maximum atomic E-state index is 12.9. The molecule has 0 radical (unpaired) electrons. The smallest absolute Gasteiger partial charge is 0.342 e. The van der Waals surface area contributed by atoms with Crippen molar-refractivity contribution in [3.8, 4) is 0 Å². The first-order valence-electron chi connectivity index (χ1n) is 5.77. The number of hydrogen-bond donors (Lipinski definition) is 1. The van der Waals surface area contributed by atoms with Crippen LogP contribution in [-0.2, 0) is 0 Å². The lowest BCUT2D eigenvalue weighted by molar-refractivity contribution is -0.385. The average Bonchev–Trinajstić information content (AvgIpc) is 2.46. The van der Waals surface area contributed by atoms with Crippen molar-refractivity contribution in [2.45, 2.75) is 0 Å². The first-order valence-corrected chi connectivity index (χ1v) is 5.77. The molecular weight excluding hydrogens is 281 g/mol. The molecule has 0 aliphatic heterocycles. The number of aromatic carboxylic acids is 1. The SMILES string of the molecule is CN(c1ccc(F)cc1)c1cc(C(=O)O)c([N+](=O)[O-])cn1. The number of hydrogen-bond acceptors (Lipinski definition) is 5. The third-order valence-corrected chi connectivity index (χ3v) is 2.85. The van der Waals surface area contributed by atoms with Gasteiger partial charge in [-0.1, -0.05) is 0 Å². The first-order chi connectivity index (χ1) is 9.90. The summed E-state index contributed by atoms with van der Waals surface area (Å²) in [6, 6.07) is 6.56. The molecule has 0 atom stereocenters. The van der Waals surface area contributed by atoms with Gasteiger partial charge in [-0.05, 0) is 24.3 Å². The fraction of sp³-hybridized carbons (Fsp3) is 0.0769. The second kappa shape index (κ2) is 5.53. The molecule has 7 nitrogen and oxygen atoms in total. The highest BCUT2D eigenvalue weighted by Crippen LogP contribution is 2.26. The molecule has 1 heterocycles. The molecule has 8 heteroatoms. The second-order valence-electron chi connectivity index (χ2n) is 4.16. The maximum absolute atomic E-state index is 12.9. The van der Waals surface area contributed by atoms with E-state index in [0.717, 1.165) is 12.3 Å². The van der Waals surface area contributed by atoms with Gasteiger partial charge in [-0.3, -0.25) is 10.1 Å². The average molecular weight is 291 g/mol. The van der Waals surface area contributed by atoms with Crippen LogP contribution in [0.3, 0.4) is 0 Å². The number of pyridine rings is 1. The zero-order valence-electron chi connectivity index (χ0n) is 10.9. The summed E-state index contributed by atoms with van der Waals surface area (Å²) >= 11 is 0. The number of rotatable bonds is 4. The largest absolute Gasteiger partial charge is 0.477 e. The zero-order valence-corrected chi connectivity index (χ0v) is 10.9. The predicted molar refractivity (Wildman–Crippen MR) is 72.3 cm³/mol. The van der Waals surface area contributed by atoms with Crippen LogP contribution in [0.4, 0.5) is 21.6 Å². The highest BCUT2D eigenvalue weighted by atomic mass is 19.1. The minimum atomic E-state index is -1.42. The Bertz CT molecular complexity index is 703. The Labute approximate surface area is 118 Å². The summed E-state index contributed by atoms with van der Waals surface area (Å²) in [6.45, 7) is 0. The molecule has 0 aliphatic carbocycles. The Morgan fingerprint density at radius 3 is 2.52 bits per heavy atom. The van der Waals surface area contributed by atoms with Crippen LogP contribution in [0.15, 0.2) is 36.5 Å². The lowest BCUT2D eigenvalue weighted by Crippen LogP contribution is -2.13. The molecule has 1 aromatic heterocycles. The van der Waals surface area contributed by atoms with Crippen molar-refractivity contribution >= 4 is 23.2 Å². The fourth-order valence-electron chi connectivity index (χ4n) is 1.73. The van der Waals surface area contributed by atoms with Gasteiger partial charge in [0, 0.05) is 18.8 Å². The molecule has 0 saturated heterocycles. The van der Waals surface area contributed by atoms with Crippen molar-refractivity contribution in [2.75, 3.05) is 11.9 Å². The molecule has 2 aromatic rings. The number of nitrogens with zero attached hydrogens (tertiary/aromatic N) is 3. The molecular formula is C13H10FN3O4. The summed E-state index contributed by atoms with van der Waals surface area (Å²) in [5.74, 6) is -1.63. The minimum absolute atomic E-state index is 0.199. The summed E-state index contributed by atoms with van der Waals surface area (Å²) in [4.78, 5) is 26.4. The van der Waals surface area contributed by atoms with Gasteiger partial charge in [-0.15, -0.1) is 0 Å². The predicted octanol–water partition coefficient (Wildman–Crippen LogP) is 2.60. The molecule has 1 aromatic carbocycles. The molecule has 0 saturated carbocycles. The number of benzene rings is 1. The molecule has 0 spiro atoms. The van der Waals surface area contributed by atoms with Crippen LogP contribution in [0.1, 0.15) is 10.4 Å². The van der Waals surface area contributed by atoms with Gasteiger partial charge in [0.2, 0.25) is 0 Å². The highest BCUT2D eigenvalue weighted by Gasteiger charge is 2.22. The first kappa shape index (κ1) is 14.4. The standard InChI is InChI=1S/C13H10FN3O4/c1-16(9-4-2-8(14)3-5-9)12-6-10(13(18)19)11(7-15-12)17(20)21/h2-7H,1H3,(H,18,19). The summed E-state index contributed by atoms with van der Waals surface area (Å²) in [5, 5.41) is 19.8. The van der Waals surface area contributed by atoms with Crippen molar-refractivity contribution in [2.24, 2.45) is 0 Å². The second-order valence-corrected chi connectivity index (χ2v) is 4.16. The molecule has 2 rings (SSSR count). The maximum Gasteiger partial charge on any atom is 0.342 e. The summed E-state index contributed by atoms with van der Waals surface area (Å²) in [7, 11) is 1.59. The molecule has 0 bridgehead atoms. The van der Waals surface area contributed by atoms with Gasteiger partial charge < -0.3 is 10.0 Å². The summed E-state index contributed by atoms with van der Waals surface area (Å²) < 4.78 is 12.9. The third-order valence-electron chi connectivity index (χ3n) is 2.85. The van der Waals surface area contributed by atoms with Gasteiger partial charge in [-0.2, -0.15) is 0 Å². The fourth-order valence-corrected chi connectivity index (χ4v) is 1.73. The van der Waals surface area contributed by atoms with Crippen molar-refractivity contribution in [1.82, 2.24) is 4.98 Å². The Morgan fingerprint density at radius 1 is 1.38 bits per heavy atom. The van der Waals surface area contributed by atoms with Crippen molar-refractivity contribution in [1.29, 1.82) is 0 Å². The third kappa shape index (κ3) is 2.94. The summed E-state index contributed by atoms with van der Waals surface area (Å²) in [5.41, 5.74) is -0.480. The van der Waals surface area contributed by atoms with Crippen LogP contribution in [-0.4, -0.2) is 28.0 Å². The van der Waals surface area contributed by atoms with E-state index >= 15 is 0 Å². The van der Waals surface area contributed by atoms with E-state index < -0.39 is 28.0 Å². The van der Waals surface area contributed by atoms with Crippen LogP contribution in [0.2, 0.25) is 0 Å². The van der Waals surface area contributed by atoms with E-state index in [1.54, 1.807) is 7.05 Å². The van der Waals surface area contributed by atoms with E-state index in [-0.39, 0.29) is 5.82 Å². The highest BCUT2D eigenvalue weighted by molar-refractivity contribution is 5.93. The van der Waals surface area contributed by atoms with Gasteiger partial charge >= 0.3 is 11.7 Å². The zero-order chi connectivity index (χ0) is 15.6. The minimum Gasteiger partial charge on any atom is -0.477 e. The Hall–Kier alpha value is -3.03. The molecule has 21 heavy (non-hydrogen) atoms. The normalized spacial score (nSPS) is 10.2. The van der Waals surface area contributed by atoms with Crippen molar-refractivity contribution < 1.29 is 19.2 Å². The quantitative estimate of drug-likeness (QED) is 0.687. The van der Waals surface area contributed by atoms with Crippen LogP contribution in [0, 0.1) is 15.9 Å². The van der Waals surface area contributed by atoms with Gasteiger partial charge in [0.25, 0.3) is 0 Å². The number of nitro groups is 1. The lowest BCUT2D eigenvalue weighted by atomic mass is 10.2. The Kier molecular flexibility index (Phi) is 3.79. The Balaban J connectivity index is 2.44. The molecule has 0 fully saturated rings. The van der Waals surface area contributed by atoms with Gasteiger partial charge in [0.15, 0.2) is 0 Å². The van der Waals surface area contributed by atoms with Crippen molar-refractivity contribution in [3.63, 3.8) is 0 Å². The van der Waals surface area contributed by atoms with Gasteiger partial charge in [-0.25, -0.2) is 14.2 Å². The van der Waals surface area contributed by atoms with Crippen LogP contribution in [0.25, 0.3) is 0 Å². The van der Waals surface area contributed by atoms with E-state index in [4.69, 9.17) is 5.11 Å². The molecule has 0 amide bonds. The Morgan fingerprint density at radius 2 is 2.00 bits per heavy atom. The topological polar surface area (TPSA) is 96.6 Å². The monoisotopic (exact) mass is 291 g/mol. The molecule has 108 valence electrons. The number of carbonyl (C=O) groups is 1. The van der Waals surface area contributed by atoms with E-state index in [1.165, 1.54) is 29.2 Å². The summed E-state index contributed by atoms with van der Waals surface area (Å²) in [6.07, 6.45) is 0.888. The van der Waals surface area contributed by atoms with E-state index in [0.29, 0.717) is 5.69 Å². The number of aromatic nitrogens is 1.